The number of rotatable bonds is 2. The summed E-state index contributed by atoms with van der Waals surface area (Å²) >= 11 is 0. The van der Waals surface area contributed by atoms with E-state index < -0.39 is 0 Å². The Bertz CT molecular complexity index is 354. The summed E-state index contributed by atoms with van der Waals surface area (Å²) in [6, 6.07) is 9.21. The Labute approximate surface area is 82.9 Å². The Balaban J connectivity index is 2.13. The predicted octanol–water partition coefficient (Wildman–Crippen LogP) is 2.24. The minimum Gasteiger partial charge on any atom is -0.300 e. The zero-order valence-electron chi connectivity index (χ0n) is 7.90. The van der Waals surface area contributed by atoms with Gasteiger partial charge in [0.25, 0.3) is 0 Å². The van der Waals surface area contributed by atoms with E-state index in [-0.39, 0.29) is 17.5 Å². The van der Waals surface area contributed by atoms with Crippen LogP contribution in [-0.4, -0.2) is 11.6 Å². The largest absolute Gasteiger partial charge is 0.300 e. The highest BCUT2D eigenvalue weighted by Gasteiger charge is 2.28. The lowest BCUT2D eigenvalue weighted by Crippen LogP contribution is -2.11. The molecule has 0 N–H and O–H groups in total. The van der Waals surface area contributed by atoms with Crippen molar-refractivity contribution in [2.24, 2.45) is 5.92 Å². The van der Waals surface area contributed by atoms with Crippen molar-refractivity contribution in [1.29, 1.82) is 0 Å². The summed E-state index contributed by atoms with van der Waals surface area (Å²) in [7, 11) is 0. The highest BCUT2D eigenvalue weighted by Crippen LogP contribution is 2.25. The van der Waals surface area contributed by atoms with Crippen LogP contribution in [0.5, 0.6) is 0 Å². The molecule has 2 nitrogen and oxygen atoms in total. The van der Waals surface area contributed by atoms with Crippen LogP contribution in [0.25, 0.3) is 0 Å². The molecule has 1 aliphatic carbocycles. The summed E-state index contributed by atoms with van der Waals surface area (Å²) < 4.78 is 0. The van der Waals surface area contributed by atoms with Gasteiger partial charge in [-0.2, -0.15) is 0 Å². The molecule has 72 valence electrons. The van der Waals surface area contributed by atoms with Crippen LogP contribution in [0, 0.1) is 5.92 Å². The van der Waals surface area contributed by atoms with Crippen LogP contribution in [0.15, 0.2) is 30.3 Å². The smallest absolute Gasteiger partial charge is 0.166 e. The van der Waals surface area contributed by atoms with Gasteiger partial charge in [0.05, 0.1) is 0 Å². The van der Waals surface area contributed by atoms with E-state index in [9.17, 15) is 9.59 Å². The molecule has 0 aliphatic heterocycles. The van der Waals surface area contributed by atoms with Crippen molar-refractivity contribution < 1.29 is 9.59 Å². The maximum absolute atomic E-state index is 11.8. The van der Waals surface area contributed by atoms with Crippen LogP contribution in [-0.2, 0) is 4.79 Å². The first-order valence-corrected chi connectivity index (χ1v) is 4.88. The second kappa shape index (κ2) is 3.74. The van der Waals surface area contributed by atoms with E-state index in [2.05, 4.69) is 0 Å². The van der Waals surface area contributed by atoms with Crippen molar-refractivity contribution in [2.75, 3.05) is 0 Å². The predicted molar refractivity (Wildman–Crippen MR) is 53.1 cm³/mol. The Kier molecular flexibility index (Phi) is 2.44. The van der Waals surface area contributed by atoms with Crippen LogP contribution in [0.2, 0.25) is 0 Å². The molecule has 1 aliphatic rings. The van der Waals surface area contributed by atoms with Gasteiger partial charge in [0.2, 0.25) is 0 Å². The monoisotopic (exact) mass is 188 g/mol. The van der Waals surface area contributed by atoms with Crippen molar-refractivity contribution in [2.45, 2.75) is 19.3 Å². The van der Waals surface area contributed by atoms with Gasteiger partial charge in [0.1, 0.15) is 5.78 Å². The van der Waals surface area contributed by atoms with Gasteiger partial charge in [-0.25, -0.2) is 0 Å². The molecule has 0 heterocycles. The van der Waals surface area contributed by atoms with Crippen molar-refractivity contribution in [3.8, 4) is 0 Å². The lowest BCUT2D eigenvalue weighted by atomic mass is 9.96. The summed E-state index contributed by atoms with van der Waals surface area (Å²) in [4.78, 5) is 22.9. The van der Waals surface area contributed by atoms with Gasteiger partial charge in [-0.15, -0.1) is 0 Å². The Morgan fingerprint density at radius 1 is 1.21 bits per heavy atom. The molecule has 1 aromatic rings. The summed E-state index contributed by atoms with van der Waals surface area (Å²) in [6.07, 6.45) is 1.74. The first kappa shape index (κ1) is 9.13. The van der Waals surface area contributed by atoms with Gasteiger partial charge in [0.15, 0.2) is 5.78 Å². The number of hydrogen-bond acceptors (Lipinski definition) is 2. The summed E-state index contributed by atoms with van der Waals surface area (Å²) in [5.74, 6) is 0.278. The number of benzene rings is 1. The maximum Gasteiger partial charge on any atom is 0.166 e. The molecule has 0 saturated heterocycles. The maximum atomic E-state index is 11.8. The molecular weight excluding hydrogens is 176 g/mol. The third kappa shape index (κ3) is 1.74. The minimum atomic E-state index is -0.0649. The third-order valence-corrected chi connectivity index (χ3v) is 2.67. The van der Waals surface area contributed by atoms with Crippen LogP contribution < -0.4 is 0 Å². The Morgan fingerprint density at radius 2 is 1.93 bits per heavy atom. The molecule has 1 fully saturated rings. The van der Waals surface area contributed by atoms with Gasteiger partial charge in [-0.1, -0.05) is 30.3 Å². The van der Waals surface area contributed by atoms with Crippen molar-refractivity contribution in [3.05, 3.63) is 35.9 Å². The lowest BCUT2D eigenvalue weighted by molar-refractivity contribution is -0.117. The topological polar surface area (TPSA) is 34.1 Å². The second-order valence-corrected chi connectivity index (χ2v) is 3.71. The molecule has 2 heteroatoms. The molecule has 14 heavy (non-hydrogen) atoms. The quantitative estimate of drug-likeness (QED) is 0.667. The number of ketones is 2. The first-order chi connectivity index (χ1) is 6.77. The first-order valence-electron chi connectivity index (χ1n) is 4.88. The Hall–Kier alpha value is -1.44. The van der Waals surface area contributed by atoms with E-state index in [0.717, 1.165) is 12.0 Å². The average molecular weight is 188 g/mol. The zero-order chi connectivity index (χ0) is 9.97. The number of carbonyl (C=O) groups excluding carboxylic acids is 2. The summed E-state index contributed by atoms with van der Waals surface area (Å²) in [6.45, 7) is 0. The second-order valence-electron chi connectivity index (χ2n) is 3.71. The van der Waals surface area contributed by atoms with E-state index in [1.54, 1.807) is 0 Å². The van der Waals surface area contributed by atoms with Crippen molar-refractivity contribution in [3.63, 3.8) is 0 Å². The molecule has 0 amide bonds. The standard InChI is InChI=1S/C12H12O2/c13-11-7-6-10(8-11)12(14)9-4-2-1-3-5-9/h1-5,10H,6-8H2. The molecule has 0 spiro atoms. The molecule has 2 rings (SSSR count). The number of hydrogen-bond donors (Lipinski definition) is 0. The van der Waals surface area contributed by atoms with Gasteiger partial charge in [-0.05, 0) is 6.42 Å². The highest BCUT2D eigenvalue weighted by molar-refractivity contribution is 6.01. The van der Waals surface area contributed by atoms with E-state index >= 15 is 0 Å². The van der Waals surface area contributed by atoms with Crippen LogP contribution in [0.4, 0.5) is 0 Å². The van der Waals surface area contributed by atoms with E-state index in [0.29, 0.717) is 12.8 Å². The highest BCUT2D eigenvalue weighted by atomic mass is 16.1. The molecule has 1 saturated carbocycles. The number of Topliss-reactive ketones (excluding diaryl/α,β-unsaturated/α-hetero) is 2. The minimum absolute atomic E-state index is 0.0649. The SMILES string of the molecule is O=C1CCC(C(=O)c2ccccc2)C1. The fourth-order valence-electron chi connectivity index (χ4n) is 1.88. The normalized spacial score (nSPS) is 21.1. The fourth-order valence-corrected chi connectivity index (χ4v) is 1.88. The van der Waals surface area contributed by atoms with E-state index in [4.69, 9.17) is 0 Å². The van der Waals surface area contributed by atoms with Crippen molar-refractivity contribution >= 4 is 11.6 Å². The summed E-state index contributed by atoms with van der Waals surface area (Å²) in [5.41, 5.74) is 0.729. The van der Waals surface area contributed by atoms with Gasteiger partial charge in [0, 0.05) is 24.3 Å². The molecule has 0 aromatic heterocycles. The third-order valence-electron chi connectivity index (χ3n) is 2.67. The fraction of sp³-hybridized carbons (Fsp3) is 0.333. The molecule has 0 bridgehead atoms. The average Bonchev–Trinajstić information content (AvgIpc) is 2.65. The lowest BCUT2D eigenvalue weighted by Gasteiger charge is -2.05. The van der Waals surface area contributed by atoms with Crippen LogP contribution in [0.3, 0.4) is 0 Å². The van der Waals surface area contributed by atoms with E-state index in [1.807, 2.05) is 30.3 Å². The molecule has 0 radical (unpaired) electrons. The van der Waals surface area contributed by atoms with Crippen LogP contribution in [0.1, 0.15) is 29.6 Å². The molecule has 1 aromatic carbocycles. The van der Waals surface area contributed by atoms with E-state index in [1.165, 1.54) is 0 Å². The van der Waals surface area contributed by atoms with Gasteiger partial charge in [-0.3, -0.25) is 9.59 Å². The molecule has 1 unspecified atom stereocenters. The van der Waals surface area contributed by atoms with Crippen molar-refractivity contribution in [1.82, 2.24) is 0 Å². The number of carbonyl (C=O) groups is 2. The zero-order valence-corrected chi connectivity index (χ0v) is 7.90. The molecule has 1 atom stereocenters. The van der Waals surface area contributed by atoms with Crippen LogP contribution >= 0.6 is 0 Å². The molecular formula is C12H12O2. The van der Waals surface area contributed by atoms with Gasteiger partial charge >= 0.3 is 0 Å². The van der Waals surface area contributed by atoms with Gasteiger partial charge < -0.3 is 0 Å². The summed E-state index contributed by atoms with van der Waals surface area (Å²) in [5, 5.41) is 0. The Morgan fingerprint density at radius 3 is 2.50 bits per heavy atom.